The Morgan fingerprint density at radius 2 is 1.78 bits per heavy atom. The van der Waals surface area contributed by atoms with Gasteiger partial charge in [-0.1, -0.05) is 39.8 Å². The molecule has 1 aromatic heterocycles. The van der Waals surface area contributed by atoms with Crippen molar-refractivity contribution in [3.05, 3.63) is 42.2 Å². The molecule has 1 atom stereocenters. The third-order valence-electron chi connectivity index (χ3n) is 4.23. The lowest BCUT2D eigenvalue weighted by atomic mass is 9.89. The van der Waals surface area contributed by atoms with E-state index in [1.807, 2.05) is 27.7 Å². The van der Waals surface area contributed by atoms with Crippen molar-refractivity contribution in [1.29, 1.82) is 0 Å². The average Bonchev–Trinajstić information content (AvgIpc) is 3.01. The molecule has 1 aromatic carbocycles. The summed E-state index contributed by atoms with van der Waals surface area (Å²) < 4.78 is 45.3. The van der Waals surface area contributed by atoms with Crippen LogP contribution < -0.4 is 0 Å². The van der Waals surface area contributed by atoms with Crippen molar-refractivity contribution < 1.29 is 22.7 Å². The van der Waals surface area contributed by atoms with Gasteiger partial charge in [0.05, 0.1) is 18.3 Å². The van der Waals surface area contributed by atoms with Gasteiger partial charge in [0.2, 0.25) is 0 Å². The molecule has 1 unspecified atom stereocenters. The standard InChI is InChI=1S/C20H25F3N2O2/c1-5-6-18(26)27-17(19(2,3)4)13-25-12-15(11-24-25)14-7-9-16(10-8-14)20(21,22)23/h7-12,17H,5-6,13H2,1-4H3. The summed E-state index contributed by atoms with van der Waals surface area (Å²) in [7, 11) is 0. The SMILES string of the molecule is CCCC(=O)OC(Cn1cc(-c2ccc(C(F)(F)F)cc2)cn1)C(C)(C)C. The smallest absolute Gasteiger partial charge is 0.416 e. The fourth-order valence-electron chi connectivity index (χ4n) is 2.54. The van der Waals surface area contributed by atoms with Gasteiger partial charge >= 0.3 is 12.1 Å². The van der Waals surface area contributed by atoms with Gasteiger partial charge in [-0.3, -0.25) is 9.48 Å². The lowest BCUT2D eigenvalue weighted by Crippen LogP contribution is -2.35. The number of hydrogen-bond acceptors (Lipinski definition) is 3. The molecule has 0 radical (unpaired) electrons. The molecule has 0 spiro atoms. The third kappa shape index (κ3) is 5.84. The molecule has 1 heterocycles. The minimum absolute atomic E-state index is 0.243. The van der Waals surface area contributed by atoms with Gasteiger partial charge in [-0.05, 0) is 24.1 Å². The number of ether oxygens (including phenoxy) is 1. The number of nitrogens with zero attached hydrogens (tertiary/aromatic N) is 2. The van der Waals surface area contributed by atoms with Gasteiger partial charge in [-0.25, -0.2) is 0 Å². The minimum atomic E-state index is -4.36. The van der Waals surface area contributed by atoms with Crippen LogP contribution in [0, 0.1) is 5.41 Å². The molecule has 2 rings (SSSR count). The molecule has 4 nitrogen and oxygen atoms in total. The normalized spacial score (nSPS) is 13.4. The van der Waals surface area contributed by atoms with Gasteiger partial charge in [0.1, 0.15) is 6.10 Å². The lowest BCUT2D eigenvalue weighted by molar-refractivity contribution is -0.156. The van der Waals surface area contributed by atoms with Crippen LogP contribution in [-0.4, -0.2) is 21.9 Å². The van der Waals surface area contributed by atoms with Crippen LogP contribution in [0.4, 0.5) is 13.2 Å². The van der Waals surface area contributed by atoms with E-state index in [0.29, 0.717) is 24.1 Å². The first-order valence-electron chi connectivity index (χ1n) is 8.90. The summed E-state index contributed by atoms with van der Waals surface area (Å²) in [5.74, 6) is -0.243. The highest BCUT2D eigenvalue weighted by molar-refractivity contribution is 5.69. The highest BCUT2D eigenvalue weighted by Gasteiger charge is 2.30. The molecule has 0 saturated carbocycles. The Labute approximate surface area is 157 Å². The molecule has 148 valence electrons. The summed E-state index contributed by atoms with van der Waals surface area (Å²) in [5.41, 5.74) is 0.388. The first kappa shape index (κ1) is 21.0. The number of rotatable bonds is 6. The molecule has 0 aliphatic rings. The van der Waals surface area contributed by atoms with Crippen LogP contribution in [0.3, 0.4) is 0 Å². The van der Waals surface area contributed by atoms with Crippen molar-refractivity contribution >= 4 is 5.97 Å². The Morgan fingerprint density at radius 1 is 1.15 bits per heavy atom. The van der Waals surface area contributed by atoms with E-state index >= 15 is 0 Å². The van der Waals surface area contributed by atoms with E-state index in [-0.39, 0.29) is 17.5 Å². The molecule has 0 N–H and O–H groups in total. The second-order valence-electron chi connectivity index (χ2n) is 7.62. The third-order valence-corrected chi connectivity index (χ3v) is 4.23. The number of esters is 1. The number of alkyl halides is 3. The van der Waals surface area contributed by atoms with Crippen LogP contribution in [0.25, 0.3) is 11.1 Å². The van der Waals surface area contributed by atoms with Gasteiger partial charge in [-0.2, -0.15) is 18.3 Å². The molecule has 0 aliphatic heterocycles. The van der Waals surface area contributed by atoms with Crippen LogP contribution in [0.15, 0.2) is 36.7 Å². The van der Waals surface area contributed by atoms with Crippen molar-refractivity contribution in [1.82, 2.24) is 9.78 Å². The van der Waals surface area contributed by atoms with Gasteiger partial charge in [0.15, 0.2) is 0 Å². The number of aromatic nitrogens is 2. The van der Waals surface area contributed by atoms with Gasteiger partial charge < -0.3 is 4.74 Å². The number of carbonyl (C=O) groups excluding carboxylic acids is 1. The number of carbonyl (C=O) groups is 1. The molecule has 0 aliphatic carbocycles. The van der Waals surface area contributed by atoms with Crippen LogP contribution >= 0.6 is 0 Å². The van der Waals surface area contributed by atoms with E-state index in [1.54, 1.807) is 17.1 Å². The summed E-state index contributed by atoms with van der Waals surface area (Å²) in [5, 5.41) is 4.27. The van der Waals surface area contributed by atoms with E-state index < -0.39 is 11.7 Å². The molecular weight excluding hydrogens is 357 g/mol. The number of halogens is 3. The Morgan fingerprint density at radius 3 is 2.30 bits per heavy atom. The van der Waals surface area contributed by atoms with E-state index in [9.17, 15) is 18.0 Å². The quantitative estimate of drug-likeness (QED) is 0.635. The summed E-state index contributed by atoms with van der Waals surface area (Å²) >= 11 is 0. The topological polar surface area (TPSA) is 44.1 Å². The Kier molecular flexibility index (Phi) is 6.34. The van der Waals surface area contributed by atoms with Crippen molar-refractivity contribution in [2.45, 2.75) is 59.4 Å². The van der Waals surface area contributed by atoms with Crippen molar-refractivity contribution in [2.24, 2.45) is 5.41 Å². The fraction of sp³-hybridized carbons (Fsp3) is 0.500. The van der Waals surface area contributed by atoms with Gasteiger partial charge in [0.25, 0.3) is 0 Å². The predicted molar refractivity (Wildman–Crippen MR) is 96.9 cm³/mol. The van der Waals surface area contributed by atoms with Gasteiger partial charge in [0, 0.05) is 23.6 Å². The first-order valence-corrected chi connectivity index (χ1v) is 8.90. The van der Waals surface area contributed by atoms with E-state index in [1.165, 1.54) is 12.1 Å². The molecule has 0 bridgehead atoms. The highest BCUT2D eigenvalue weighted by atomic mass is 19.4. The Bertz CT molecular complexity index is 759. The van der Waals surface area contributed by atoms with Gasteiger partial charge in [-0.15, -0.1) is 0 Å². The molecule has 7 heteroatoms. The molecule has 0 fully saturated rings. The summed E-state index contributed by atoms with van der Waals surface area (Å²) in [6.45, 7) is 8.24. The van der Waals surface area contributed by atoms with Crippen molar-refractivity contribution in [3.63, 3.8) is 0 Å². The molecular formula is C20H25F3N2O2. The fourth-order valence-corrected chi connectivity index (χ4v) is 2.54. The van der Waals surface area contributed by atoms with Crippen LogP contribution in [0.5, 0.6) is 0 Å². The zero-order valence-corrected chi connectivity index (χ0v) is 16.0. The maximum atomic E-state index is 12.7. The van der Waals surface area contributed by atoms with E-state index in [0.717, 1.165) is 18.6 Å². The lowest BCUT2D eigenvalue weighted by Gasteiger charge is -2.30. The maximum absolute atomic E-state index is 12.7. The monoisotopic (exact) mass is 382 g/mol. The zero-order valence-electron chi connectivity index (χ0n) is 16.0. The summed E-state index contributed by atoms with van der Waals surface area (Å²) in [4.78, 5) is 11.9. The van der Waals surface area contributed by atoms with Crippen molar-refractivity contribution in [3.8, 4) is 11.1 Å². The summed E-state index contributed by atoms with van der Waals surface area (Å²) in [6, 6.07) is 4.95. The number of hydrogen-bond donors (Lipinski definition) is 0. The second kappa shape index (κ2) is 8.15. The Balaban J connectivity index is 2.14. The molecule has 0 saturated heterocycles. The minimum Gasteiger partial charge on any atom is -0.460 e. The highest BCUT2D eigenvalue weighted by Crippen LogP contribution is 2.31. The first-order chi connectivity index (χ1) is 12.5. The van der Waals surface area contributed by atoms with E-state index in [2.05, 4.69) is 5.10 Å². The van der Waals surface area contributed by atoms with Crippen LogP contribution in [-0.2, 0) is 22.3 Å². The Hall–Kier alpha value is -2.31. The summed E-state index contributed by atoms with van der Waals surface area (Å²) in [6.07, 6.45) is -0.300. The number of benzene rings is 1. The molecule has 0 amide bonds. The largest absolute Gasteiger partial charge is 0.460 e. The predicted octanol–water partition coefficient (Wildman–Crippen LogP) is 5.33. The van der Waals surface area contributed by atoms with Crippen LogP contribution in [0.1, 0.15) is 46.1 Å². The molecule has 2 aromatic rings. The zero-order chi connectivity index (χ0) is 20.2. The average molecular weight is 382 g/mol. The van der Waals surface area contributed by atoms with Crippen LogP contribution in [0.2, 0.25) is 0 Å². The van der Waals surface area contributed by atoms with E-state index in [4.69, 9.17) is 4.74 Å². The maximum Gasteiger partial charge on any atom is 0.416 e. The molecule has 27 heavy (non-hydrogen) atoms. The second-order valence-corrected chi connectivity index (χ2v) is 7.62. The van der Waals surface area contributed by atoms with Crippen molar-refractivity contribution in [2.75, 3.05) is 0 Å².